The lowest BCUT2D eigenvalue weighted by atomic mass is 10.1. The summed E-state index contributed by atoms with van der Waals surface area (Å²) in [4.78, 5) is 23.9. The maximum absolute atomic E-state index is 12.5. The van der Waals surface area contributed by atoms with Crippen molar-refractivity contribution in [1.29, 1.82) is 0 Å². The van der Waals surface area contributed by atoms with Gasteiger partial charge in [-0.1, -0.05) is 19.1 Å². The van der Waals surface area contributed by atoms with Gasteiger partial charge in [-0.2, -0.15) is 0 Å². The Morgan fingerprint density at radius 1 is 1.00 bits per heavy atom. The minimum Gasteiger partial charge on any atom is -0.493 e. The minimum absolute atomic E-state index is 0.250. The van der Waals surface area contributed by atoms with E-state index in [0.717, 1.165) is 0 Å². The number of methoxy groups -OCH3 is 1. The summed E-state index contributed by atoms with van der Waals surface area (Å²) in [5, 5.41) is 2.81. The number of hydrogen-bond donors (Lipinski definition) is 1. The van der Waals surface area contributed by atoms with Crippen molar-refractivity contribution in [3.05, 3.63) is 48.0 Å². The highest BCUT2D eigenvalue weighted by molar-refractivity contribution is 6.05. The van der Waals surface area contributed by atoms with Crippen molar-refractivity contribution < 1.29 is 23.8 Å². The third-order valence-corrected chi connectivity index (χ3v) is 3.37. The molecule has 0 bridgehead atoms. The summed E-state index contributed by atoms with van der Waals surface area (Å²) in [6.45, 7) is 4.07. The summed E-state index contributed by atoms with van der Waals surface area (Å²) in [7, 11) is 1.45. The number of amides is 1. The predicted octanol–water partition coefficient (Wildman–Crippen LogP) is 3.66. The molecule has 0 aliphatic rings. The lowest BCUT2D eigenvalue weighted by Gasteiger charge is -2.13. The molecular formula is C19H21NO5. The zero-order valence-corrected chi connectivity index (χ0v) is 14.5. The molecule has 0 spiro atoms. The first-order valence-corrected chi connectivity index (χ1v) is 8.00. The Kier molecular flexibility index (Phi) is 6.39. The Bertz CT molecular complexity index is 757. The van der Waals surface area contributed by atoms with Gasteiger partial charge in [-0.15, -0.1) is 0 Å². The first kappa shape index (κ1) is 18.3. The van der Waals surface area contributed by atoms with E-state index in [-0.39, 0.29) is 24.0 Å². The van der Waals surface area contributed by atoms with Crippen LogP contribution in [0.25, 0.3) is 0 Å². The van der Waals surface area contributed by atoms with Gasteiger partial charge in [0.1, 0.15) is 5.75 Å². The number of ether oxygens (including phenoxy) is 3. The van der Waals surface area contributed by atoms with E-state index in [0.29, 0.717) is 29.4 Å². The lowest BCUT2D eigenvalue weighted by Crippen LogP contribution is -2.13. The van der Waals surface area contributed by atoms with Gasteiger partial charge < -0.3 is 19.5 Å². The Balaban J connectivity index is 2.21. The number of nitrogens with one attached hydrogen (secondary N) is 1. The Morgan fingerprint density at radius 3 is 2.44 bits per heavy atom. The average molecular weight is 343 g/mol. The van der Waals surface area contributed by atoms with Gasteiger partial charge in [0.25, 0.3) is 5.91 Å². The lowest BCUT2D eigenvalue weighted by molar-refractivity contribution is -0.134. The van der Waals surface area contributed by atoms with E-state index in [4.69, 9.17) is 14.2 Å². The minimum atomic E-state index is -0.374. The van der Waals surface area contributed by atoms with Crippen molar-refractivity contribution in [1.82, 2.24) is 0 Å². The van der Waals surface area contributed by atoms with Crippen LogP contribution in [0.3, 0.4) is 0 Å². The van der Waals surface area contributed by atoms with E-state index in [9.17, 15) is 9.59 Å². The van der Waals surface area contributed by atoms with Crippen LogP contribution in [-0.4, -0.2) is 25.6 Å². The topological polar surface area (TPSA) is 73.9 Å². The van der Waals surface area contributed by atoms with Crippen LogP contribution >= 0.6 is 0 Å². The van der Waals surface area contributed by atoms with E-state index in [1.54, 1.807) is 25.1 Å². The fraction of sp³-hybridized carbons (Fsp3) is 0.263. The molecule has 132 valence electrons. The predicted molar refractivity (Wildman–Crippen MR) is 94.5 cm³/mol. The second-order valence-corrected chi connectivity index (χ2v) is 5.08. The normalized spacial score (nSPS) is 10.0. The summed E-state index contributed by atoms with van der Waals surface area (Å²) in [6, 6.07) is 11.8. The van der Waals surface area contributed by atoms with Gasteiger partial charge in [-0.3, -0.25) is 9.59 Å². The van der Waals surface area contributed by atoms with Crippen molar-refractivity contribution in [3.8, 4) is 17.2 Å². The number of anilines is 1. The van der Waals surface area contributed by atoms with Gasteiger partial charge >= 0.3 is 5.97 Å². The monoisotopic (exact) mass is 343 g/mol. The molecule has 0 radical (unpaired) electrons. The van der Waals surface area contributed by atoms with Crippen molar-refractivity contribution in [2.75, 3.05) is 19.0 Å². The summed E-state index contributed by atoms with van der Waals surface area (Å²) in [6.07, 6.45) is 0.250. The quantitative estimate of drug-likeness (QED) is 0.613. The molecule has 0 unspecified atom stereocenters. The van der Waals surface area contributed by atoms with Gasteiger partial charge in [-0.05, 0) is 37.3 Å². The average Bonchev–Trinajstić information content (AvgIpc) is 2.63. The smallest absolute Gasteiger partial charge is 0.311 e. The standard InChI is InChI=1S/C19H21NO5/c1-4-18(21)25-16-11-10-13(12-17(16)23-3)19(22)20-14-8-6-7-9-15(14)24-5-2/h6-12H,4-5H2,1-3H3,(H,20,22). The molecule has 0 aromatic heterocycles. The highest BCUT2D eigenvalue weighted by Crippen LogP contribution is 2.30. The molecule has 25 heavy (non-hydrogen) atoms. The van der Waals surface area contributed by atoms with Crippen LogP contribution in [0.5, 0.6) is 17.2 Å². The number of esters is 1. The second kappa shape index (κ2) is 8.73. The van der Waals surface area contributed by atoms with Crippen molar-refractivity contribution in [3.63, 3.8) is 0 Å². The summed E-state index contributed by atoms with van der Waals surface area (Å²) in [5.41, 5.74) is 0.953. The van der Waals surface area contributed by atoms with Gasteiger partial charge in [0.15, 0.2) is 11.5 Å². The van der Waals surface area contributed by atoms with Gasteiger partial charge in [0.05, 0.1) is 19.4 Å². The van der Waals surface area contributed by atoms with E-state index in [1.165, 1.54) is 19.2 Å². The van der Waals surface area contributed by atoms with Crippen LogP contribution in [0.1, 0.15) is 30.6 Å². The number of para-hydroxylation sites is 2. The zero-order chi connectivity index (χ0) is 18.2. The number of carbonyl (C=O) groups excluding carboxylic acids is 2. The van der Waals surface area contributed by atoms with Crippen LogP contribution in [0.15, 0.2) is 42.5 Å². The third kappa shape index (κ3) is 4.73. The van der Waals surface area contributed by atoms with Crippen molar-refractivity contribution >= 4 is 17.6 Å². The molecule has 2 aromatic rings. The Morgan fingerprint density at radius 2 is 1.76 bits per heavy atom. The molecule has 0 saturated carbocycles. The molecule has 1 amide bonds. The molecule has 0 fully saturated rings. The number of carbonyl (C=O) groups is 2. The fourth-order valence-electron chi connectivity index (χ4n) is 2.13. The third-order valence-electron chi connectivity index (χ3n) is 3.37. The molecular weight excluding hydrogens is 322 g/mol. The molecule has 0 saturated heterocycles. The maximum Gasteiger partial charge on any atom is 0.311 e. The van der Waals surface area contributed by atoms with E-state index in [2.05, 4.69) is 5.32 Å². The van der Waals surface area contributed by atoms with Gasteiger partial charge in [-0.25, -0.2) is 0 Å². The SMILES string of the molecule is CCOc1ccccc1NC(=O)c1ccc(OC(=O)CC)c(OC)c1. The largest absolute Gasteiger partial charge is 0.493 e. The molecule has 6 heteroatoms. The highest BCUT2D eigenvalue weighted by atomic mass is 16.6. The van der Waals surface area contributed by atoms with Gasteiger partial charge in [0.2, 0.25) is 0 Å². The highest BCUT2D eigenvalue weighted by Gasteiger charge is 2.14. The zero-order valence-electron chi connectivity index (χ0n) is 14.5. The van der Waals surface area contributed by atoms with Crippen LogP contribution in [-0.2, 0) is 4.79 Å². The number of benzene rings is 2. The fourth-order valence-corrected chi connectivity index (χ4v) is 2.13. The maximum atomic E-state index is 12.5. The molecule has 0 atom stereocenters. The summed E-state index contributed by atoms with van der Waals surface area (Å²) in [5.74, 6) is 0.493. The number of hydrogen-bond acceptors (Lipinski definition) is 5. The van der Waals surface area contributed by atoms with E-state index < -0.39 is 0 Å². The van der Waals surface area contributed by atoms with E-state index >= 15 is 0 Å². The molecule has 1 N–H and O–H groups in total. The molecule has 2 rings (SSSR count). The van der Waals surface area contributed by atoms with Crippen molar-refractivity contribution in [2.24, 2.45) is 0 Å². The first-order chi connectivity index (χ1) is 12.1. The van der Waals surface area contributed by atoms with Crippen LogP contribution in [0, 0.1) is 0 Å². The van der Waals surface area contributed by atoms with Gasteiger partial charge in [0, 0.05) is 12.0 Å². The van der Waals surface area contributed by atoms with Crippen LogP contribution in [0.2, 0.25) is 0 Å². The first-order valence-electron chi connectivity index (χ1n) is 8.00. The molecule has 0 aliphatic carbocycles. The Hall–Kier alpha value is -3.02. The summed E-state index contributed by atoms with van der Waals surface area (Å²) < 4.78 is 15.9. The molecule has 6 nitrogen and oxygen atoms in total. The molecule has 2 aromatic carbocycles. The van der Waals surface area contributed by atoms with E-state index in [1.807, 2.05) is 19.1 Å². The van der Waals surface area contributed by atoms with Crippen molar-refractivity contribution in [2.45, 2.75) is 20.3 Å². The Labute approximate surface area is 146 Å². The molecule has 0 aliphatic heterocycles. The second-order valence-electron chi connectivity index (χ2n) is 5.08. The number of rotatable bonds is 7. The molecule has 0 heterocycles. The van der Waals surface area contributed by atoms with Crippen LogP contribution in [0.4, 0.5) is 5.69 Å². The summed E-state index contributed by atoms with van der Waals surface area (Å²) >= 11 is 0. The van der Waals surface area contributed by atoms with Crippen LogP contribution < -0.4 is 19.5 Å².